The van der Waals surface area contributed by atoms with Crippen LogP contribution in [-0.2, 0) is 12.7 Å². The maximum Gasteiger partial charge on any atom is 0.416 e. The molecule has 2 aromatic carbocycles. The minimum atomic E-state index is -4.31. The minimum Gasteiger partial charge on any atom is -0.313 e. The Bertz CT molecular complexity index is 573. The molecule has 0 heterocycles. The summed E-state index contributed by atoms with van der Waals surface area (Å²) in [5.41, 5.74) is 1.88. The molecule has 0 fully saturated rings. The number of nitrogens with one attached hydrogen (secondary N) is 1. The lowest BCUT2D eigenvalue weighted by Crippen LogP contribution is -2.13. The van der Waals surface area contributed by atoms with Crippen LogP contribution < -0.4 is 5.32 Å². The fourth-order valence-electron chi connectivity index (χ4n) is 2.10. The largest absolute Gasteiger partial charge is 0.416 e. The lowest BCUT2D eigenvalue weighted by molar-refractivity contribution is -0.137. The lowest BCUT2D eigenvalue weighted by atomic mass is 10.0. The Morgan fingerprint density at radius 1 is 0.952 bits per heavy atom. The standard InChI is InChI=1S/C17H18F3N/c1-2-10-21-12-13-6-8-14(9-7-13)15-4-3-5-16(11-15)17(18,19)20/h3-9,11,21H,2,10,12H2,1H3. The molecular weight excluding hydrogens is 275 g/mol. The highest BCUT2D eigenvalue weighted by atomic mass is 19.4. The van der Waals surface area contributed by atoms with Crippen LogP contribution in [0.4, 0.5) is 13.2 Å². The molecule has 2 rings (SSSR count). The van der Waals surface area contributed by atoms with E-state index in [2.05, 4.69) is 12.2 Å². The van der Waals surface area contributed by atoms with E-state index in [1.807, 2.05) is 24.3 Å². The van der Waals surface area contributed by atoms with E-state index in [1.54, 1.807) is 6.07 Å². The van der Waals surface area contributed by atoms with Gasteiger partial charge in [-0.3, -0.25) is 0 Å². The van der Waals surface area contributed by atoms with Gasteiger partial charge in [-0.25, -0.2) is 0 Å². The maximum absolute atomic E-state index is 12.7. The second kappa shape index (κ2) is 6.76. The predicted molar refractivity (Wildman–Crippen MR) is 78.9 cm³/mol. The van der Waals surface area contributed by atoms with Gasteiger partial charge in [-0.2, -0.15) is 13.2 Å². The van der Waals surface area contributed by atoms with E-state index in [-0.39, 0.29) is 0 Å². The molecule has 2 aromatic rings. The first-order valence-corrected chi connectivity index (χ1v) is 6.98. The van der Waals surface area contributed by atoms with Crippen LogP contribution in [0.5, 0.6) is 0 Å². The highest BCUT2D eigenvalue weighted by Gasteiger charge is 2.30. The first-order chi connectivity index (χ1) is 10.0. The second-order valence-electron chi connectivity index (χ2n) is 4.95. The fourth-order valence-corrected chi connectivity index (χ4v) is 2.10. The Labute approximate surface area is 122 Å². The fraction of sp³-hybridized carbons (Fsp3) is 0.294. The molecule has 0 aliphatic rings. The molecule has 0 unspecified atom stereocenters. The molecule has 112 valence electrons. The smallest absolute Gasteiger partial charge is 0.313 e. The molecule has 0 aliphatic heterocycles. The summed E-state index contributed by atoms with van der Waals surface area (Å²) in [6, 6.07) is 13.0. The van der Waals surface area contributed by atoms with Crippen molar-refractivity contribution in [3.8, 4) is 11.1 Å². The van der Waals surface area contributed by atoms with Gasteiger partial charge < -0.3 is 5.32 Å². The normalized spacial score (nSPS) is 11.6. The van der Waals surface area contributed by atoms with Gasteiger partial charge in [0.1, 0.15) is 0 Å². The second-order valence-corrected chi connectivity index (χ2v) is 4.95. The van der Waals surface area contributed by atoms with Crippen LogP contribution in [0.1, 0.15) is 24.5 Å². The van der Waals surface area contributed by atoms with E-state index < -0.39 is 11.7 Å². The topological polar surface area (TPSA) is 12.0 Å². The van der Waals surface area contributed by atoms with Crippen LogP contribution in [0.25, 0.3) is 11.1 Å². The average molecular weight is 293 g/mol. The first kappa shape index (κ1) is 15.6. The van der Waals surface area contributed by atoms with E-state index in [9.17, 15) is 13.2 Å². The highest BCUT2D eigenvalue weighted by molar-refractivity contribution is 5.64. The van der Waals surface area contributed by atoms with Crippen LogP contribution in [0.3, 0.4) is 0 Å². The third-order valence-electron chi connectivity index (χ3n) is 3.23. The van der Waals surface area contributed by atoms with Crippen molar-refractivity contribution in [2.45, 2.75) is 26.1 Å². The van der Waals surface area contributed by atoms with Gasteiger partial charge in [-0.1, -0.05) is 43.3 Å². The zero-order valence-electron chi connectivity index (χ0n) is 11.9. The Hall–Kier alpha value is -1.81. The summed E-state index contributed by atoms with van der Waals surface area (Å²) in [6.07, 6.45) is -3.23. The van der Waals surface area contributed by atoms with Crippen molar-refractivity contribution in [2.75, 3.05) is 6.54 Å². The summed E-state index contributed by atoms with van der Waals surface area (Å²) >= 11 is 0. The van der Waals surface area contributed by atoms with Crippen molar-refractivity contribution in [3.05, 3.63) is 59.7 Å². The van der Waals surface area contributed by atoms with Crippen LogP contribution in [0.2, 0.25) is 0 Å². The molecule has 0 bridgehead atoms. The van der Waals surface area contributed by atoms with Gasteiger partial charge in [0, 0.05) is 6.54 Å². The van der Waals surface area contributed by atoms with E-state index in [0.717, 1.165) is 36.7 Å². The molecule has 0 amide bonds. The van der Waals surface area contributed by atoms with Gasteiger partial charge in [0.2, 0.25) is 0 Å². The molecule has 0 spiro atoms. The van der Waals surface area contributed by atoms with Gasteiger partial charge in [-0.15, -0.1) is 0 Å². The van der Waals surface area contributed by atoms with Gasteiger partial charge in [0.25, 0.3) is 0 Å². The summed E-state index contributed by atoms with van der Waals surface area (Å²) in [4.78, 5) is 0. The van der Waals surface area contributed by atoms with Gasteiger partial charge in [0.15, 0.2) is 0 Å². The Morgan fingerprint density at radius 3 is 2.29 bits per heavy atom. The molecule has 0 saturated carbocycles. The van der Waals surface area contributed by atoms with Crippen LogP contribution in [-0.4, -0.2) is 6.54 Å². The van der Waals surface area contributed by atoms with E-state index >= 15 is 0 Å². The minimum absolute atomic E-state index is 0.581. The van der Waals surface area contributed by atoms with E-state index in [0.29, 0.717) is 5.56 Å². The summed E-state index contributed by atoms with van der Waals surface area (Å²) in [5.74, 6) is 0. The SMILES string of the molecule is CCCNCc1ccc(-c2cccc(C(F)(F)F)c2)cc1. The van der Waals surface area contributed by atoms with Crippen molar-refractivity contribution in [1.82, 2.24) is 5.32 Å². The van der Waals surface area contributed by atoms with Crippen LogP contribution >= 0.6 is 0 Å². The molecule has 1 N–H and O–H groups in total. The first-order valence-electron chi connectivity index (χ1n) is 6.98. The molecule has 0 atom stereocenters. The third-order valence-corrected chi connectivity index (χ3v) is 3.23. The number of hydrogen-bond donors (Lipinski definition) is 1. The van der Waals surface area contributed by atoms with Gasteiger partial charge in [0.05, 0.1) is 5.56 Å². The molecule has 1 nitrogen and oxygen atoms in total. The number of rotatable bonds is 5. The zero-order chi connectivity index (χ0) is 15.3. The van der Waals surface area contributed by atoms with Crippen molar-refractivity contribution in [1.29, 1.82) is 0 Å². The quantitative estimate of drug-likeness (QED) is 0.775. The average Bonchev–Trinajstić information content (AvgIpc) is 2.47. The third kappa shape index (κ3) is 4.33. The summed E-state index contributed by atoms with van der Waals surface area (Å²) in [5, 5.41) is 3.29. The van der Waals surface area contributed by atoms with Crippen LogP contribution in [0.15, 0.2) is 48.5 Å². The predicted octanol–water partition coefficient (Wildman–Crippen LogP) is 4.87. The lowest BCUT2D eigenvalue weighted by Gasteiger charge is -2.09. The van der Waals surface area contributed by atoms with Gasteiger partial charge >= 0.3 is 6.18 Å². The molecule has 0 radical (unpaired) electrons. The van der Waals surface area contributed by atoms with Crippen molar-refractivity contribution in [3.63, 3.8) is 0 Å². The molecular formula is C17H18F3N. The molecule has 4 heteroatoms. The van der Waals surface area contributed by atoms with Gasteiger partial charge in [-0.05, 0) is 41.8 Å². The molecule has 0 aromatic heterocycles. The Morgan fingerprint density at radius 2 is 1.67 bits per heavy atom. The highest BCUT2D eigenvalue weighted by Crippen LogP contribution is 2.32. The van der Waals surface area contributed by atoms with E-state index in [4.69, 9.17) is 0 Å². The Kier molecular flexibility index (Phi) is 5.02. The summed E-state index contributed by atoms with van der Waals surface area (Å²) < 4.78 is 38.1. The zero-order valence-corrected chi connectivity index (χ0v) is 11.9. The Balaban J connectivity index is 2.15. The molecule has 21 heavy (non-hydrogen) atoms. The summed E-state index contributed by atoms with van der Waals surface area (Å²) in [6.45, 7) is 3.83. The monoisotopic (exact) mass is 293 g/mol. The van der Waals surface area contributed by atoms with Crippen LogP contribution in [0, 0.1) is 0 Å². The molecule has 0 aliphatic carbocycles. The maximum atomic E-state index is 12.7. The van der Waals surface area contributed by atoms with Crippen molar-refractivity contribution < 1.29 is 13.2 Å². The summed E-state index contributed by atoms with van der Waals surface area (Å²) in [7, 11) is 0. The number of alkyl halides is 3. The number of benzene rings is 2. The van der Waals surface area contributed by atoms with Crippen molar-refractivity contribution >= 4 is 0 Å². The van der Waals surface area contributed by atoms with E-state index in [1.165, 1.54) is 12.1 Å². The number of hydrogen-bond acceptors (Lipinski definition) is 1. The molecule has 0 saturated heterocycles. The number of halogens is 3. The van der Waals surface area contributed by atoms with Crippen molar-refractivity contribution in [2.24, 2.45) is 0 Å².